The molecular weight excluding hydrogens is 475 g/mol. The van der Waals surface area contributed by atoms with Gasteiger partial charge in [0.05, 0.1) is 17.4 Å². The van der Waals surface area contributed by atoms with E-state index in [2.05, 4.69) is 18.8 Å². The zero-order valence-electron chi connectivity index (χ0n) is 16.3. The predicted octanol–water partition coefficient (Wildman–Crippen LogP) is 4.01. The standard InChI is InChI=1S/C21H16ClFN4O3S2/c22-14-9-10-16(15(23)12-14)24-21(28)18(11-13-5-2-1-3-6-13)27-32(29,30)19-8-4-7-17-20(19)26-31-25-17/h1-10,12,18,27H,11H2,(H,24,28). The van der Waals surface area contributed by atoms with Crippen LogP contribution in [0.5, 0.6) is 0 Å². The molecular formula is C21H16ClFN4O3S2. The number of carbonyl (C=O) groups is 1. The first-order valence-corrected chi connectivity index (χ1v) is 12.0. The van der Waals surface area contributed by atoms with E-state index in [1.807, 2.05) is 6.07 Å². The van der Waals surface area contributed by atoms with Crippen LogP contribution in [0.4, 0.5) is 10.1 Å². The molecule has 1 atom stereocenters. The molecule has 0 spiro atoms. The summed E-state index contributed by atoms with van der Waals surface area (Å²) >= 11 is 6.65. The third kappa shape index (κ3) is 4.94. The number of rotatable bonds is 7. The summed E-state index contributed by atoms with van der Waals surface area (Å²) in [6.07, 6.45) is 0.0480. The van der Waals surface area contributed by atoms with E-state index in [1.165, 1.54) is 18.2 Å². The van der Waals surface area contributed by atoms with Crippen molar-refractivity contribution in [1.29, 1.82) is 0 Å². The Morgan fingerprint density at radius 3 is 2.59 bits per heavy atom. The number of hydrogen-bond donors (Lipinski definition) is 2. The summed E-state index contributed by atoms with van der Waals surface area (Å²) in [5.41, 5.74) is 1.26. The smallest absolute Gasteiger partial charge is 0.243 e. The SMILES string of the molecule is O=C(Nc1ccc(Cl)cc1F)C(Cc1ccccc1)NS(=O)(=O)c1cccc2nsnc12. The zero-order chi connectivity index (χ0) is 22.7. The Bertz CT molecular complexity index is 1380. The number of hydrogen-bond acceptors (Lipinski definition) is 6. The third-order valence-corrected chi connectivity index (χ3v) is 6.91. The highest BCUT2D eigenvalue weighted by atomic mass is 35.5. The summed E-state index contributed by atoms with van der Waals surface area (Å²) in [6.45, 7) is 0. The van der Waals surface area contributed by atoms with Gasteiger partial charge in [-0.05, 0) is 42.3 Å². The van der Waals surface area contributed by atoms with Gasteiger partial charge in [-0.2, -0.15) is 13.5 Å². The Morgan fingerprint density at radius 2 is 1.84 bits per heavy atom. The molecule has 0 aliphatic carbocycles. The van der Waals surface area contributed by atoms with Crippen molar-refractivity contribution in [3.8, 4) is 0 Å². The van der Waals surface area contributed by atoms with Gasteiger partial charge in [0.15, 0.2) is 0 Å². The van der Waals surface area contributed by atoms with Crippen LogP contribution >= 0.6 is 23.3 Å². The molecule has 11 heteroatoms. The highest BCUT2D eigenvalue weighted by Gasteiger charge is 2.28. The van der Waals surface area contributed by atoms with E-state index >= 15 is 0 Å². The molecule has 0 fully saturated rings. The van der Waals surface area contributed by atoms with Crippen molar-refractivity contribution in [3.63, 3.8) is 0 Å². The zero-order valence-corrected chi connectivity index (χ0v) is 18.7. The molecule has 32 heavy (non-hydrogen) atoms. The lowest BCUT2D eigenvalue weighted by Crippen LogP contribution is -2.45. The van der Waals surface area contributed by atoms with Gasteiger partial charge in [0, 0.05) is 5.02 Å². The minimum atomic E-state index is -4.15. The number of aromatic nitrogens is 2. The second-order valence-electron chi connectivity index (χ2n) is 6.87. The van der Waals surface area contributed by atoms with Gasteiger partial charge in [0.25, 0.3) is 0 Å². The Kier molecular flexibility index (Phi) is 6.47. The van der Waals surface area contributed by atoms with Crippen molar-refractivity contribution < 1.29 is 17.6 Å². The highest BCUT2D eigenvalue weighted by molar-refractivity contribution is 7.89. The molecule has 0 aliphatic heterocycles. The van der Waals surface area contributed by atoms with Gasteiger partial charge in [-0.1, -0.05) is 48.0 Å². The van der Waals surface area contributed by atoms with E-state index in [0.717, 1.165) is 23.4 Å². The number of nitrogens with one attached hydrogen (secondary N) is 2. The summed E-state index contributed by atoms with van der Waals surface area (Å²) in [5, 5.41) is 2.61. The molecule has 0 radical (unpaired) electrons. The molecule has 0 saturated carbocycles. The maximum atomic E-state index is 14.2. The largest absolute Gasteiger partial charge is 0.322 e. The summed E-state index contributed by atoms with van der Waals surface area (Å²) in [6, 6.07) is 16.1. The van der Waals surface area contributed by atoms with E-state index in [1.54, 1.807) is 36.4 Å². The van der Waals surface area contributed by atoms with Crippen molar-refractivity contribution in [2.75, 3.05) is 5.32 Å². The molecule has 2 N–H and O–H groups in total. The highest BCUT2D eigenvalue weighted by Crippen LogP contribution is 2.23. The number of fused-ring (bicyclic) bond motifs is 1. The lowest BCUT2D eigenvalue weighted by atomic mass is 10.1. The Morgan fingerprint density at radius 1 is 1.06 bits per heavy atom. The number of anilines is 1. The Balaban J connectivity index is 1.66. The first kappa shape index (κ1) is 22.3. The molecule has 4 rings (SSSR count). The lowest BCUT2D eigenvalue weighted by Gasteiger charge is -2.19. The molecule has 1 amide bonds. The normalized spacial score (nSPS) is 12.6. The summed E-state index contributed by atoms with van der Waals surface area (Å²) in [7, 11) is -4.15. The van der Waals surface area contributed by atoms with Crippen molar-refractivity contribution in [2.24, 2.45) is 0 Å². The average Bonchev–Trinajstić information content (AvgIpc) is 3.24. The topological polar surface area (TPSA) is 101 Å². The van der Waals surface area contributed by atoms with Crippen molar-refractivity contribution in [3.05, 3.63) is 83.1 Å². The minimum Gasteiger partial charge on any atom is -0.322 e. The van der Waals surface area contributed by atoms with Crippen LogP contribution in [0.2, 0.25) is 5.02 Å². The summed E-state index contributed by atoms with van der Waals surface area (Å²) < 4.78 is 51.1. The van der Waals surface area contributed by atoms with E-state index in [0.29, 0.717) is 5.52 Å². The predicted molar refractivity (Wildman–Crippen MR) is 122 cm³/mol. The molecule has 0 saturated heterocycles. The maximum absolute atomic E-state index is 14.2. The molecule has 0 bridgehead atoms. The molecule has 164 valence electrons. The quantitative estimate of drug-likeness (QED) is 0.407. The van der Waals surface area contributed by atoms with E-state index in [9.17, 15) is 17.6 Å². The Labute approximate surface area is 192 Å². The van der Waals surface area contributed by atoms with Crippen LogP contribution in [0.15, 0.2) is 71.6 Å². The van der Waals surface area contributed by atoms with Crippen molar-refractivity contribution in [1.82, 2.24) is 13.5 Å². The van der Waals surface area contributed by atoms with Gasteiger partial charge in [-0.15, -0.1) is 0 Å². The number of nitrogens with zero attached hydrogens (tertiary/aromatic N) is 2. The molecule has 1 heterocycles. The van der Waals surface area contributed by atoms with Gasteiger partial charge >= 0.3 is 0 Å². The number of carbonyl (C=O) groups excluding carboxylic acids is 1. The lowest BCUT2D eigenvalue weighted by molar-refractivity contribution is -0.117. The van der Waals surface area contributed by atoms with Crippen LogP contribution in [0.1, 0.15) is 5.56 Å². The van der Waals surface area contributed by atoms with Crippen LogP contribution in [-0.2, 0) is 21.2 Å². The monoisotopic (exact) mass is 490 g/mol. The Hall–Kier alpha value is -2.92. The fourth-order valence-corrected chi connectivity index (χ4v) is 5.22. The number of amides is 1. The third-order valence-electron chi connectivity index (χ3n) is 4.62. The molecule has 1 unspecified atom stereocenters. The van der Waals surface area contributed by atoms with Gasteiger partial charge in [0.1, 0.15) is 27.8 Å². The first-order valence-electron chi connectivity index (χ1n) is 9.37. The van der Waals surface area contributed by atoms with E-state index in [4.69, 9.17) is 11.6 Å². The molecule has 4 aromatic rings. The second-order valence-corrected chi connectivity index (χ2v) is 9.51. The number of sulfonamides is 1. The molecule has 1 aromatic heterocycles. The molecule has 0 aliphatic rings. The van der Waals surface area contributed by atoms with E-state index < -0.39 is 27.8 Å². The van der Waals surface area contributed by atoms with Gasteiger partial charge in [-0.3, -0.25) is 4.79 Å². The average molecular weight is 491 g/mol. The molecule has 3 aromatic carbocycles. The number of halogens is 2. The van der Waals surface area contributed by atoms with Gasteiger partial charge < -0.3 is 5.32 Å². The van der Waals surface area contributed by atoms with Gasteiger partial charge in [-0.25, -0.2) is 12.8 Å². The number of benzene rings is 3. The van der Waals surface area contributed by atoms with Crippen LogP contribution in [0.3, 0.4) is 0 Å². The van der Waals surface area contributed by atoms with Crippen molar-refractivity contribution in [2.45, 2.75) is 17.4 Å². The van der Waals surface area contributed by atoms with Crippen LogP contribution < -0.4 is 10.0 Å². The van der Waals surface area contributed by atoms with Crippen LogP contribution in [-0.4, -0.2) is 29.1 Å². The fourth-order valence-electron chi connectivity index (χ4n) is 3.10. The second kappa shape index (κ2) is 9.29. The first-order chi connectivity index (χ1) is 15.3. The van der Waals surface area contributed by atoms with E-state index in [-0.39, 0.29) is 27.5 Å². The van der Waals surface area contributed by atoms with Crippen molar-refractivity contribution >= 4 is 56.0 Å². The van der Waals surface area contributed by atoms with Crippen LogP contribution in [0.25, 0.3) is 11.0 Å². The maximum Gasteiger partial charge on any atom is 0.243 e. The minimum absolute atomic E-state index is 0.0480. The summed E-state index contributed by atoms with van der Waals surface area (Å²) in [5.74, 6) is -1.45. The van der Waals surface area contributed by atoms with Crippen LogP contribution in [0, 0.1) is 5.82 Å². The summed E-state index contributed by atoms with van der Waals surface area (Å²) in [4.78, 5) is 12.9. The fraction of sp³-hybridized carbons (Fsp3) is 0.0952. The molecule has 7 nitrogen and oxygen atoms in total. The van der Waals surface area contributed by atoms with Gasteiger partial charge in [0.2, 0.25) is 15.9 Å².